The van der Waals surface area contributed by atoms with Gasteiger partial charge in [0, 0.05) is 12.6 Å². The summed E-state index contributed by atoms with van der Waals surface area (Å²) in [5, 5.41) is 6.82. The molecule has 0 bridgehead atoms. The molecular formula is C8H16N2O. The van der Waals surface area contributed by atoms with E-state index in [0.29, 0.717) is 6.04 Å². The lowest BCUT2D eigenvalue weighted by molar-refractivity contribution is -0.0183. The van der Waals surface area contributed by atoms with Crippen molar-refractivity contribution < 1.29 is 4.74 Å². The van der Waals surface area contributed by atoms with Crippen molar-refractivity contribution in [3.8, 4) is 0 Å². The van der Waals surface area contributed by atoms with Gasteiger partial charge in [0.15, 0.2) is 0 Å². The molecule has 2 rings (SSSR count). The average Bonchev–Trinajstić information content (AvgIpc) is 2.58. The minimum absolute atomic E-state index is 0.284. The van der Waals surface area contributed by atoms with Crippen molar-refractivity contribution in [2.45, 2.75) is 31.5 Å². The van der Waals surface area contributed by atoms with E-state index in [2.05, 4.69) is 10.6 Å². The maximum Gasteiger partial charge on any atom is 0.123 e. The van der Waals surface area contributed by atoms with E-state index in [1.54, 1.807) is 0 Å². The van der Waals surface area contributed by atoms with Crippen LogP contribution in [0.5, 0.6) is 0 Å². The third kappa shape index (κ3) is 1.72. The summed E-state index contributed by atoms with van der Waals surface area (Å²) in [4.78, 5) is 0. The van der Waals surface area contributed by atoms with Crippen LogP contribution in [0.1, 0.15) is 19.3 Å². The van der Waals surface area contributed by atoms with E-state index in [9.17, 15) is 0 Å². The fourth-order valence-electron chi connectivity index (χ4n) is 1.81. The van der Waals surface area contributed by atoms with Gasteiger partial charge in [0.2, 0.25) is 0 Å². The molecule has 0 aromatic heterocycles. The van der Waals surface area contributed by atoms with Crippen molar-refractivity contribution in [3.63, 3.8) is 0 Å². The number of hydrogen-bond acceptors (Lipinski definition) is 3. The lowest BCUT2D eigenvalue weighted by Gasteiger charge is -2.28. The van der Waals surface area contributed by atoms with Crippen molar-refractivity contribution in [2.24, 2.45) is 0 Å². The smallest absolute Gasteiger partial charge is 0.123 e. The van der Waals surface area contributed by atoms with Gasteiger partial charge in [-0.05, 0) is 32.4 Å². The third-order valence-electron chi connectivity index (χ3n) is 2.43. The van der Waals surface area contributed by atoms with Crippen molar-refractivity contribution in [1.29, 1.82) is 0 Å². The Morgan fingerprint density at radius 2 is 2.00 bits per heavy atom. The summed E-state index contributed by atoms with van der Waals surface area (Å²) < 4.78 is 5.59. The molecule has 2 atom stereocenters. The van der Waals surface area contributed by atoms with Crippen LogP contribution in [-0.2, 0) is 4.74 Å². The Hall–Kier alpha value is -0.120. The molecule has 2 aliphatic heterocycles. The Kier molecular flexibility index (Phi) is 2.41. The Morgan fingerprint density at radius 1 is 1.09 bits per heavy atom. The second-order valence-electron chi connectivity index (χ2n) is 3.30. The van der Waals surface area contributed by atoms with E-state index in [4.69, 9.17) is 4.74 Å². The predicted molar refractivity (Wildman–Crippen MR) is 43.4 cm³/mol. The molecular weight excluding hydrogens is 140 g/mol. The fourth-order valence-corrected chi connectivity index (χ4v) is 1.81. The second kappa shape index (κ2) is 3.52. The summed E-state index contributed by atoms with van der Waals surface area (Å²) in [5.74, 6) is 0. The quantitative estimate of drug-likeness (QED) is 0.564. The van der Waals surface area contributed by atoms with Crippen LogP contribution >= 0.6 is 0 Å². The van der Waals surface area contributed by atoms with Crippen molar-refractivity contribution in [3.05, 3.63) is 0 Å². The average molecular weight is 156 g/mol. The van der Waals surface area contributed by atoms with Gasteiger partial charge < -0.3 is 10.1 Å². The highest BCUT2D eigenvalue weighted by Crippen LogP contribution is 2.12. The monoisotopic (exact) mass is 156 g/mol. The van der Waals surface area contributed by atoms with Gasteiger partial charge in [-0.2, -0.15) is 0 Å². The zero-order valence-electron chi connectivity index (χ0n) is 6.81. The largest absolute Gasteiger partial charge is 0.362 e. The molecule has 11 heavy (non-hydrogen) atoms. The number of ether oxygens (including phenoxy) is 1. The summed E-state index contributed by atoms with van der Waals surface area (Å²) in [5.41, 5.74) is 0. The SMILES string of the molecule is C1CNC(C2CCCN2)OC1. The van der Waals surface area contributed by atoms with Gasteiger partial charge >= 0.3 is 0 Å². The first kappa shape index (κ1) is 7.53. The van der Waals surface area contributed by atoms with Crippen LogP contribution in [-0.4, -0.2) is 32.0 Å². The van der Waals surface area contributed by atoms with Crippen molar-refractivity contribution in [1.82, 2.24) is 10.6 Å². The molecule has 0 aromatic rings. The Labute approximate surface area is 67.5 Å². The maximum absolute atomic E-state index is 5.59. The van der Waals surface area contributed by atoms with E-state index in [0.717, 1.165) is 26.1 Å². The van der Waals surface area contributed by atoms with Gasteiger partial charge in [-0.1, -0.05) is 0 Å². The summed E-state index contributed by atoms with van der Waals surface area (Å²) >= 11 is 0. The molecule has 2 N–H and O–H groups in total. The molecule has 0 spiro atoms. The minimum Gasteiger partial charge on any atom is -0.362 e. The highest BCUT2D eigenvalue weighted by Gasteiger charge is 2.25. The maximum atomic E-state index is 5.59. The molecule has 0 aliphatic carbocycles. The fraction of sp³-hybridized carbons (Fsp3) is 1.00. The van der Waals surface area contributed by atoms with Crippen LogP contribution in [0.25, 0.3) is 0 Å². The third-order valence-corrected chi connectivity index (χ3v) is 2.43. The second-order valence-corrected chi connectivity index (χ2v) is 3.30. The normalized spacial score (nSPS) is 39.3. The Balaban J connectivity index is 1.82. The van der Waals surface area contributed by atoms with Crippen LogP contribution in [0.15, 0.2) is 0 Å². The molecule has 3 heteroatoms. The van der Waals surface area contributed by atoms with E-state index < -0.39 is 0 Å². The Morgan fingerprint density at radius 3 is 2.64 bits per heavy atom. The summed E-state index contributed by atoms with van der Waals surface area (Å²) in [6.45, 7) is 3.20. The zero-order chi connectivity index (χ0) is 7.52. The van der Waals surface area contributed by atoms with Gasteiger partial charge in [0.25, 0.3) is 0 Å². The molecule has 2 fully saturated rings. The molecule has 0 saturated carbocycles. The van der Waals surface area contributed by atoms with Crippen molar-refractivity contribution in [2.75, 3.05) is 19.7 Å². The van der Waals surface area contributed by atoms with Crippen LogP contribution < -0.4 is 10.6 Å². The highest BCUT2D eigenvalue weighted by atomic mass is 16.5. The van der Waals surface area contributed by atoms with E-state index >= 15 is 0 Å². The lowest BCUT2D eigenvalue weighted by Crippen LogP contribution is -2.49. The van der Waals surface area contributed by atoms with Gasteiger partial charge in [-0.25, -0.2) is 0 Å². The molecule has 0 aromatic carbocycles. The van der Waals surface area contributed by atoms with Gasteiger partial charge in [0.1, 0.15) is 6.23 Å². The Bertz CT molecular complexity index is 117. The van der Waals surface area contributed by atoms with Crippen LogP contribution in [0, 0.1) is 0 Å². The minimum atomic E-state index is 0.284. The van der Waals surface area contributed by atoms with Crippen molar-refractivity contribution >= 4 is 0 Å². The van der Waals surface area contributed by atoms with Gasteiger partial charge in [0.05, 0.1) is 0 Å². The van der Waals surface area contributed by atoms with Crippen LogP contribution in [0.4, 0.5) is 0 Å². The standard InChI is InChI=1S/C8H16N2O/c1-3-7(9-4-1)8-10-5-2-6-11-8/h7-10H,1-6H2. The number of nitrogens with one attached hydrogen (secondary N) is 2. The summed E-state index contributed by atoms with van der Waals surface area (Å²) in [7, 11) is 0. The zero-order valence-corrected chi connectivity index (χ0v) is 6.81. The molecule has 2 aliphatic rings. The molecule has 2 heterocycles. The van der Waals surface area contributed by atoms with E-state index in [1.165, 1.54) is 12.8 Å². The highest BCUT2D eigenvalue weighted by molar-refractivity contribution is 4.82. The molecule has 2 saturated heterocycles. The first-order valence-corrected chi connectivity index (χ1v) is 4.55. The topological polar surface area (TPSA) is 33.3 Å². The molecule has 64 valence electrons. The van der Waals surface area contributed by atoms with Crippen LogP contribution in [0.3, 0.4) is 0 Å². The predicted octanol–water partition coefficient (Wildman–Crippen LogP) is 0.0744. The lowest BCUT2D eigenvalue weighted by atomic mass is 10.2. The first-order chi connectivity index (χ1) is 5.47. The van der Waals surface area contributed by atoms with E-state index in [-0.39, 0.29) is 6.23 Å². The summed E-state index contributed by atoms with van der Waals surface area (Å²) in [6.07, 6.45) is 4.00. The van der Waals surface area contributed by atoms with Gasteiger partial charge in [-0.15, -0.1) is 0 Å². The van der Waals surface area contributed by atoms with Gasteiger partial charge in [-0.3, -0.25) is 5.32 Å². The number of hydrogen-bond donors (Lipinski definition) is 2. The molecule has 0 radical (unpaired) electrons. The van der Waals surface area contributed by atoms with Crippen LogP contribution in [0.2, 0.25) is 0 Å². The summed E-state index contributed by atoms with van der Waals surface area (Å²) in [6, 6.07) is 0.565. The van der Waals surface area contributed by atoms with E-state index in [1.807, 2.05) is 0 Å². The molecule has 3 nitrogen and oxygen atoms in total. The first-order valence-electron chi connectivity index (χ1n) is 4.55. The molecule has 0 amide bonds. The number of rotatable bonds is 1. The molecule has 2 unspecified atom stereocenters.